The maximum atomic E-state index is 11.7. The number of hydrogen-bond acceptors (Lipinski definition) is 6. The largest absolute Gasteiger partial charge is 0.497 e. The summed E-state index contributed by atoms with van der Waals surface area (Å²) in [5.41, 5.74) is 3.07. The van der Waals surface area contributed by atoms with Crippen molar-refractivity contribution >= 4 is 39.3 Å². The molecule has 1 atom stereocenters. The van der Waals surface area contributed by atoms with Crippen molar-refractivity contribution in [2.45, 2.75) is 6.42 Å². The molecule has 1 unspecified atom stereocenters. The van der Waals surface area contributed by atoms with Crippen LogP contribution in [-0.4, -0.2) is 39.3 Å². The van der Waals surface area contributed by atoms with E-state index in [1.165, 1.54) is 6.26 Å². The van der Waals surface area contributed by atoms with Crippen molar-refractivity contribution in [1.29, 1.82) is 0 Å². The first-order valence-corrected chi connectivity index (χ1v) is 9.58. The van der Waals surface area contributed by atoms with Crippen molar-refractivity contribution < 1.29 is 14.1 Å². The van der Waals surface area contributed by atoms with Crippen LogP contribution in [-0.2, 0) is 17.4 Å². The van der Waals surface area contributed by atoms with Gasteiger partial charge in [-0.05, 0) is 30.2 Å². The van der Waals surface area contributed by atoms with Crippen LogP contribution in [0.15, 0.2) is 42.5 Å². The molecule has 2 aromatic carbocycles. The van der Waals surface area contributed by atoms with E-state index in [0.717, 1.165) is 11.3 Å². The van der Waals surface area contributed by atoms with Gasteiger partial charge in [-0.2, -0.15) is 0 Å². The number of methoxy groups -OCH3 is 1. The minimum atomic E-state index is -1.30. The number of aliphatic hydroxyl groups excluding tert-OH is 1. The van der Waals surface area contributed by atoms with Crippen LogP contribution in [0.1, 0.15) is 5.56 Å². The van der Waals surface area contributed by atoms with Crippen LogP contribution in [0.2, 0.25) is 0 Å². The van der Waals surface area contributed by atoms with Crippen molar-refractivity contribution in [3.05, 3.63) is 48.0 Å². The quantitative estimate of drug-likeness (QED) is 0.590. The standard InChI is InChI=1S/C18H20N4O3S/c1-25-13-8-7-12(9-10-23)16(11-13)21-17-18(22-26(2)24)20-15-6-4-3-5-14(15)19-17/h3-8,11,23H,9-10H2,1-2H3,(H,19,21)(H,20,22). The zero-order valence-corrected chi connectivity index (χ0v) is 15.3. The van der Waals surface area contributed by atoms with Crippen molar-refractivity contribution in [2.75, 3.05) is 30.0 Å². The molecule has 0 amide bonds. The highest BCUT2D eigenvalue weighted by Crippen LogP contribution is 2.29. The third-order valence-electron chi connectivity index (χ3n) is 3.76. The molecule has 0 spiro atoms. The molecular formula is C18H20N4O3S. The molecule has 3 aromatic rings. The van der Waals surface area contributed by atoms with Crippen molar-refractivity contribution in [2.24, 2.45) is 0 Å². The van der Waals surface area contributed by atoms with Crippen LogP contribution in [0.25, 0.3) is 11.0 Å². The number of ether oxygens (including phenoxy) is 1. The van der Waals surface area contributed by atoms with Gasteiger partial charge in [0, 0.05) is 24.6 Å². The lowest BCUT2D eigenvalue weighted by atomic mass is 10.1. The van der Waals surface area contributed by atoms with Gasteiger partial charge in [0.05, 0.1) is 18.1 Å². The third-order valence-corrected chi connectivity index (χ3v) is 4.24. The van der Waals surface area contributed by atoms with Gasteiger partial charge in [-0.15, -0.1) is 0 Å². The van der Waals surface area contributed by atoms with Gasteiger partial charge in [0.1, 0.15) is 16.7 Å². The number of hydrogen-bond donors (Lipinski definition) is 3. The number of anilines is 3. The molecule has 26 heavy (non-hydrogen) atoms. The molecule has 1 aromatic heterocycles. The van der Waals surface area contributed by atoms with Gasteiger partial charge in [-0.25, -0.2) is 14.2 Å². The molecule has 0 saturated heterocycles. The summed E-state index contributed by atoms with van der Waals surface area (Å²) in [5.74, 6) is 1.52. The summed E-state index contributed by atoms with van der Waals surface area (Å²) in [6.45, 7) is 0.0223. The molecule has 136 valence electrons. The van der Waals surface area contributed by atoms with Gasteiger partial charge in [-0.3, -0.25) is 4.72 Å². The predicted octanol–water partition coefficient (Wildman–Crippen LogP) is 2.62. The fourth-order valence-electron chi connectivity index (χ4n) is 2.56. The summed E-state index contributed by atoms with van der Waals surface area (Å²) in [7, 11) is 0.291. The minimum Gasteiger partial charge on any atom is -0.497 e. The Hall–Kier alpha value is -2.71. The first-order chi connectivity index (χ1) is 12.6. The van der Waals surface area contributed by atoms with Gasteiger partial charge in [0.15, 0.2) is 11.6 Å². The topological polar surface area (TPSA) is 96.4 Å². The Morgan fingerprint density at radius 3 is 2.42 bits per heavy atom. The lowest BCUT2D eigenvalue weighted by molar-refractivity contribution is 0.299. The smallest absolute Gasteiger partial charge is 0.182 e. The summed E-state index contributed by atoms with van der Waals surface area (Å²) >= 11 is 0. The SMILES string of the molecule is COc1ccc(CCO)c(Nc2nc3ccccc3nc2NS(C)=O)c1. The Morgan fingerprint density at radius 1 is 1.12 bits per heavy atom. The van der Waals surface area contributed by atoms with Crippen molar-refractivity contribution in [3.8, 4) is 5.75 Å². The fourth-order valence-corrected chi connectivity index (χ4v) is 2.97. The maximum Gasteiger partial charge on any atom is 0.182 e. The molecule has 3 rings (SSSR count). The summed E-state index contributed by atoms with van der Waals surface area (Å²) < 4.78 is 19.8. The molecule has 7 nitrogen and oxygen atoms in total. The molecule has 0 aliphatic carbocycles. The van der Waals surface area contributed by atoms with E-state index in [2.05, 4.69) is 20.0 Å². The molecule has 0 bridgehead atoms. The van der Waals surface area contributed by atoms with Crippen LogP contribution < -0.4 is 14.8 Å². The Bertz CT molecular complexity index is 949. The van der Waals surface area contributed by atoms with Crippen molar-refractivity contribution in [1.82, 2.24) is 9.97 Å². The second-order valence-corrected chi connectivity index (χ2v) is 6.70. The van der Waals surface area contributed by atoms with Crippen molar-refractivity contribution in [3.63, 3.8) is 0 Å². The Labute approximate surface area is 154 Å². The van der Waals surface area contributed by atoms with E-state index in [4.69, 9.17) is 4.74 Å². The van der Waals surface area contributed by atoms with Gasteiger partial charge in [0.2, 0.25) is 0 Å². The molecule has 0 saturated carbocycles. The predicted molar refractivity (Wildman–Crippen MR) is 104 cm³/mol. The molecule has 0 aliphatic heterocycles. The van der Waals surface area contributed by atoms with E-state index in [1.807, 2.05) is 42.5 Å². The molecule has 8 heteroatoms. The Morgan fingerprint density at radius 2 is 1.81 bits per heavy atom. The number of nitrogens with one attached hydrogen (secondary N) is 2. The zero-order valence-electron chi connectivity index (χ0n) is 14.5. The van der Waals surface area contributed by atoms with Gasteiger partial charge < -0.3 is 15.2 Å². The highest BCUT2D eigenvalue weighted by atomic mass is 32.2. The summed E-state index contributed by atoms with van der Waals surface area (Å²) in [5, 5.41) is 12.5. The van der Waals surface area contributed by atoms with Crippen LogP contribution in [0.4, 0.5) is 17.3 Å². The van der Waals surface area contributed by atoms with Crippen LogP contribution in [0.5, 0.6) is 5.75 Å². The number of fused-ring (bicyclic) bond motifs is 1. The Balaban J connectivity index is 2.08. The van der Waals surface area contributed by atoms with E-state index in [-0.39, 0.29) is 6.61 Å². The average Bonchev–Trinajstić information content (AvgIpc) is 2.63. The third kappa shape index (κ3) is 4.09. The molecule has 0 fully saturated rings. The molecule has 1 heterocycles. The second kappa shape index (κ2) is 8.11. The molecule has 0 radical (unpaired) electrons. The molecular weight excluding hydrogens is 352 g/mol. The summed E-state index contributed by atoms with van der Waals surface area (Å²) in [6, 6.07) is 13.0. The fraction of sp³-hybridized carbons (Fsp3) is 0.222. The first-order valence-electron chi connectivity index (χ1n) is 8.02. The summed E-state index contributed by atoms with van der Waals surface area (Å²) in [6.07, 6.45) is 2.01. The van der Waals surface area contributed by atoms with E-state index >= 15 is 0 Å². The van der Waals surface area contributed by atoms with Gasteiger partial charge in [-0.1, -0.05) is 18.2 Å². The normalized spacial score (nSPS) is 12.0. The van der Waals surface area contributed by atoms with E-state index in [0.29, 0.717) is 34.8 Å². The maximum absolute atomic E-state index is 11.7. The van der Waals surface area contributed by atoms with Crippen LogP contribution in [0, 0.1) is 0 Å². The van der Waals surface area contributed by atoms with Crippen LogP contribution in [0.3, 0.4) is 0 Å². The first kappa shape index (κ1) is 18.1. The van der Waals surface area contributed by atoms with E-state index in [9.17, 15) is 9.32 Å². The van der Waals surface area contributed by atoms with Gasteiger partial charge >= 0.3 is 0 Å². The lowest BCUT2D eigenvalue weighted by Gasteiger charge is -2.15. The number of rotatable bonds is 7. The second-order valence-electron chi connectivity index (χ2n) is 5.59. The van der Waals surface area contributed by atoms with Crippen LogP contribution >= 0.6 is 0 Å². The lowest BCUT2D eigenvalue weighted by Crippen LogP contribution is -2.09. The number of benzene rings is 2. The number of aromatic nitrogens is 2. The molecule has 0 aliphatic rings. The minimum absolute atomic E-state index is 0.0223. The monoisotopic (exact) mass is 372 g/mol. The number of para-hydroxylation sites is 2. The number of aliphatic hydroxyl groups is 1. The molecule has 3 N–H and O–H groups in total. The average molecular weight is 372 g/mol. The summed E-state index contributed by atoms with van der Waals surface area (Å²) in [4.78, 5) is 9.13. The van der Waals surface area contributed by atoms with E-state index in [1.54, 1.807) is 7.11 Å². The zero-order chi connectivity index (χ0) is 18.5. The highest BCUT2D eigenvalue weighted by Gasteiger charge is 2.13. The Kier molecular flexibility index (Phi) is 5.65. The number of nitrogens with zero attached hydrogens (tertiary/aromatic N) is 2. The van der Waals surface area contributed by atoms with Gasteiger partial charge in [0.25, 0.3) is 0 Å². The highest BCUT2D eigenvalue weighted by molar-refractivity contribution is 7.85. The van der Waals surface area contributed by atoms with E-state index < -0.39 is 11.0 Å².